The minimum atomic E-state index is -2.96. The lowest BCUT2D eigenvalue weighted by molar-refractivity contribution is 0.268. The number of nitrogens with zero attached hydrogens (tertiary/aromatic N) is 1. The van der Waals surface area contributed by atoms with Crippen molar-refractivity contribution >= 4 is 10.0 Å². The van der Waals surface area contributed by atoms with E-state index in [1.165, 1.54) is 6.42 Å². The lowest BCUT2D eigenvalue weighted by Gasteiger charge is -2.32. The van der Waals surface area contributed by atoms with Gasteiger partial charge in [0.15, 0.2) is 0 Å². The van der Waals surface area contributed by atoms with E-state index < -0.39 is 10.0 Å². The summed E-state index contributed by atoms with van der Waals surface area (Å²) in [5.41, 5.74) is 0. The molecule has 84 valence electrons. The predicted octanol–water partition coefficient (Wildman–Crippen LogP) is 1.99. The molecule has 0 spiro atoms. The van der Waals surface area contributed by atoms with Crippen LogP contribution in [0.2, 0.25) is 0 Å². The molecule has 0 bridgehead atoms. The molecule has 3 nitrogen and oxygen atoms in total. The summed E-state index contributed by atoms with van der Waals surface area (Å²) in [5, 5.41) is 0. The molecule has 0 aromatic heterocycles. The Morgan fingerprint density at radius 3 is 2.64 bits per heavy atom. The van der Waals surface area contributed by atoms with Crippen LogP contribution < -0.4 is 0 Å². The second kappa shape index (κ2) is 5.12. The molecular weight excluding hydrogens is 198 g/mol. The van der Waals surface area contributed by atoms with Crippen LogP contribution in [0.25, 0.3) is 0 Å². The number of hydrogen-bond acceptors (Lipinski definition) is 2. The van der Waals surface area contributed by atoms with Crippen molar-refractivity contribution in [2.75, 3.05) is 12.3 Å². The normalized spacial score (nSPS) is 25.1. The fourth-order valence-electron chi connectivity index (χ4n) is 1.93. The first-order valence-electron chi connectivity index (χ1n) is 5.57. The summed E-state index contributed by atoms with van der Waals surface area (Å²) in [7, 11) is -2.96. The predicted molar refractivity (Wildman–Crippen MR) is 58.7 cm³/mol. The lowest BCUT2D eigenvalue weighted by atomic mass is 10.1. The van der Waals surface area contributed by atoms with Gasteiger partial charge in [-0.25, -0.2) is 8.42 Å². The Bertz CT molecular complexity index is 261. The van der Waals surface area contributed by atoms with Crippen molar-refractivity contribution in [3.8, 4) is 0 Å². The van der Waals surface area contributed by atoms with Crippen molar-refractivity contribution in [3.63, 3.8) is 0 Å². The lowest BCUT2D eigenvalue weighted by Crippen LogP contribution is -2.43. The summed E-state index contributed by atoms with van der Waals surface area (Å²) in [4.78, 5) is 0. The van der Waals surface area contributed by atoms with E-state index in [1.807, 2.05) is 13.8 Å². The Morgan fingerprint density at radius 1 is 1.36 bits per heavy atom. The Hall–Kier alpha value is -0.0900. The fourth-order valence-corrected chi connectivity index (χ4v) is 3.88. The van der Waals surface area contributed by atoms with Crippen LogP contribution in [0.5, 0.6) is 0 Å². The largest absolute Gasteiger partial charge is 0.214 e. The van der Waals surface area contributed by atoms with Gasteiger partial charge in [-0.2, -0.15) is 4.31 Å². The molecule has 1 unspecified atom stereocenters. The fraction of sp³-hybridized carbons (Fsp3) is 1.00. The van der Waals surface area contributed by atoms with Gasteiger partial charge in [0.2, 0.25) is 10.0 Å². The number of unbranched alkanes of at least 4 members (excludes halogenated alkanes) is 1. The second-order valence-electron chi connectivity index (χ2n) is 4.13. The van der Waals surface area contributed by atoms with Crippen LogP contribution in [0, 0.1) is 0 Å². The highest BCUT2D eigenvalue weighted by molar-refractivity contribution is 7.89. The van der Waals surface area contributed by atoms with Crippen molar-refractivity contribution in [3.05, 3.63) is 0 Å². The molecule has 4 heteroatoms. The van der Waals surface area contributed by atoms with Gasteiger partial charge in [0.1, 0.15) is 0 Å². The van der Waals surface area contributed by atoms with Crippen molar-refractivity contribution in [1.29, 1.82) is 0 Å². The van der Waals surface area contributed by atoms with Crippen LogP contribution in [0.15, 0.2) is 0 Å². The Kier molecular flexibility index (Phi) is 4.38. The average Bonchev–Trinajstić information content (AvgIpc) is 2.15. The van der Waals surface area contributed by atoms with Gasteiger partial charge in [-0.3, -0.25) is 0 Å². The molecule has 0 N–H and O–H groups in total. The molecule has 1 saturated heterocycles. The first-order valence-corrected chi connectivity index (χ1v) is 7.18. The van der Waals surface area contributed by atoms with E-state index in [2.05, 4.69) is 0 Å². The summed E-state index contributed by atoms with van der Waals surface area (Å²) in [6.45, 7) is 4.77. The number of sulfonamides is 1. The Balaban J connectivity index is 2.60. The zero-order chi connectivity index (χ0) is 10.6. The number of rotatable bonds is 4. The van der Waals surface area contributed by atoms with Crippen LogP contribution in [-0.2, 0) is 10.0 Å². The standard InChI is InChI=1S/C10H21NO2S/c1-3-4-9-14(12,13)11-8-6-5-7-10(11)2/h10H,3-9H2,1-2H3. The van der Waals surface area contributed by atoms with Crippen LogP contribution in [-0.4, -0.2) is 31.1 Å². The monoisotopic (exact) mass is 219 g/mol. The molecule has 1 fully saturated rings. The van der Waals surface area contributed by atoms with E-state index in [9.17, 15) is 8.42 Å². The molecule has 0 aromatic carbocycles. The minimum absolute atomic E-state index is 0.214. The SMILES string of the molecule is CCCCS(=O)(=O)N1CCCCC1C. The highest BCUT2D eigenvalue weighted by Crippen LogP contribution is 2.20. The van der Waals surface area contributed by atoms with Gasteiger partial charge in [0.25, 0.3) is 0 Å². The third kappa shape index (κ3) is 2.95. The number of piperidine rings is 1. The molecule has 0 aliphatic carbocycles. The molecule has 1 rings (SSSR count). The second-order valence-corrected chi connectivity index (χ2v) is 6.17. The molecule has 1 atom stereocenters. The van der Waals surface area contributed by atoms with E-state index in [0.717, 1.165) is 32.2 Å². The summed E-state index contributed by atoms with van der Waals surface area (Å²) < 4.78 is 25.5. The van der Waals surface area contributed by atoms with Crippen molar-refractivity contribution in [2.45, 2.75) is 52.0 Å². The maximum absolute atomic E-state index is 11.9. The highest BCUT2D eigenvalue weighted by atomic mass is 32.2. The summed E-state index contributed by atoms with van der Waals surface area (Å²) in [6.07, 6.45) is 4.94. The van der Waals surface area contributed by atoms with Crippen LogP contribution in [0.3, 0.4) is 0 Å². The van der Waals surface area contributed by atoms with E-state index >= 15 is 0 Å². The highest BCUT2D eigenvalue weighted by Gasteiger charge is 2.28. The van der Waals surface area contributed by atoms with Crippen LogP contribution in [0.1, 0.15) is 46.0 Å². The zero-order valence-electron chi connectivity index (χ0n) is 9.20. The van der Waals surface area contributed by atoms with Gasteiger partial charge in [0.05, 0.1) is 5.75 Å². The van der Waals surface area contributed by atoms with Crippen LogP contribution in [0.4, 0.5) is 0 Å². The topological polar surface area (TPSA) is 37.4 Å². The summed E-state index contributed by atoms with van der Waals surface area (Å²) in [6, 6.07) is 0.214. The average molecular weight is 219 g/mol. The van der Waals surface area contributed by atoms with Gasteiger partial charge in [0, 0.05) is 12.6 Å². The van der Waals surface area contributed by atoms with Gasteiger partial charge in [-0.1, -0.05) is 19.8 Å². The van der Waals surface area contributed by atoms with Gasteiger partial charge in [-0.05, 0) is 26.2 Å². The Morgan fingerprint density at radius 2 is 2.07 bits per heavy atom. The first-order chi connectivity index (χ1) is 6.58. The number of hydrogen-bond donors (Lipinski definition) is 0. The van der Waals surface area contributed by atoms with E-state index in [0.29, 0.717) is 5.75 Å². The van der Waals surface area contributed by atoms with Gasteiger partial charge < -0.3 is 0 Å². The molecule has 0 radical (unpaired) electrons. The summed E-state index contributed by atoms with van der Waals surface area (Å²) >= 11 is 0. The molecule has 1 heterocycles. The van der Waals surface area contributed by atoms with E-state index in [4.69, 9.17) is 0 Å². The van der Waals surface area contributed by atoms with Crippen LogP contribution >= 0.6 is 0 Å². The maximum Gasteiger partial charge on any atom is 0.214 e. The van der Waals surface area contributed by atoms with Gasteiger partial charge >= 0.3 is 0 Å². The molecule has 1 aliphatic heterocycles. The Labute approximate surface area is 87.5 Å². The summed E-state index contributed by atoms with van der Waals surface area (Å²) in [5.74, 6) is 0.327. The molecule has 0 aromatic rings. The third-order valence-corrected chi connectivity index (χ3v) is 4.92. The first kappa shape index (κ1) is 12.0. The maximum atomic E-state index is 11.9. The smallest absolute Gasteiger partial charge is 0.212 e. The molecule has 14 heavy (non-hydrogen) atoms. The van der Waals surface area contributed by atoms with E-state index in [1.54, 1.807) is 4.31 Å². The molecule has 0 saturated carbocycles. The van der Waals surface area contributed by atoms with Crippen molar-refractivity contribution in [1.82, 2.24) is 4.31 Å². The third-order valence-electron chi connectivity index (χ3n) is 2.86. The zero-order valence-corrected chi connectivity index (χ0v) is 10.0. The van der Waals surface area contributed by atoms with Crippen molar-refractivity contribution in [2.24, 2.45) is 0 Å². The molecule has 1 aliphatic rings. The minimum Gasteiger partial charge on any atom is -0.212 e. The van der Waals surface area contributed by atoms with Crippen molar-refractivity contribution < 1.29 is 8.42 Å². The molecular formula is C10H21NO2S. The quantitative estimate of drug-likeness (QED) is 0.725. The van der Waals surface area contributed by atoms with Gasteiger partial charge in [-0.15, -0.1) is 0 Å². The molecule has 0 amide bonds. The van der Waals surface area contributed by atoms with E-state index in [-0.39, 0.29) is 6.04 Å².